The van der Waals surface area contributed by atoms with Gasteiger partial charge in [0.05, 0.1) is 0 Å². The molecule has 0 atom stereocenters. The maximum atomic E-state index is 12.2. The van der Waals surface area contributed by atoms with Crippen LogP contribution in [0, 0.1) is 0 Å². The molecule has 0 fully saturated rings. The van der Waals surface area contributed by atoms with E-state index in [2.05, 4.69) is 0 Å². The lowest BCUT2D eigenvalue weighted by molar-refractivity contribution is -0.464. The van der Waals surface area contributed by atoms with Gasteiger partial charge in [-0.15, -0.1) is 0 Å². The molecule has 0 aromatic rings. The van der Waals surface area contributed by atoms with Crippen LogP contribution in [0.1, 0.15) is 6.92 Å². The molecule has 0 spiro atoms. The molecule has 0 radical (unpaired) electrons. The molecule has 86 valence electrons. The predicted molar refractivity (Wildman–Crippen MR) is 29.9 cm³/mol. The quantitative estimate of drug-likeness (QED) is 0.488. The van der Waals surface area contributed by atoms with Crippen molar-refractivity contribution in [1.82, 2.24) is 0 Å². The summed E-state index contributed by atoms with van der Waals surface area (Å²) in [7, 11) is 0. The maximum Gasteiger partial charge on any atom is 0.395 e. The minimum atomic E-state index is -6.10. The van der Waals surface area contributed by atoms with Crippen LogP contribution in [0.4, 0.5) is 26.3 Å². The van der Waals surface area contributed by atoms with Crippen LogP contribution in [0.25, 0.3) is 0 Å². The van der Waals surface area contributed by atoms with Gasteiger partial charge in [0.15, 0.2) is 0 Å². The van der Waals surface area contributed by atoms with Gasteiger partial charge in [-0.25, -0.2) is 0 Å². The Bertz CT molecular complexity index is 190. The Morgan fingerprint density at radius 3 is 1.07 bits per heavy atom. The van der Waals surface area contributed by atoms with Gasteiger partial charge in [0.25, 0.3) is 0 Å². The zero-order valence-electron chi connectivity index (χ0n) is 6.61. The summed E-state index contributed by atoms with van der Waals surface area (Å²) >= 11 is 0. The zero-order chi connectivity index (χ0) is 12.0. The number of hydrogen-bond acceptors (Lipinski definition) is 3. The fraction of sp³-hybridized carbons (Fsp3) is 1.00. The summed E-state index contributed by atoms with van der Waals surface area (Å²) in [6.45, 7) is -0.549. The lowest BCUT2D eigenvalue weighted by Gasteiger charge is -2.34. The topological polar surface area (TPSA) is 60.7 Å². The summed E-state index contributed by atoms with van der Waals surface area (Å²) in [6, 6.07) is 0. The third kappa shape index (κ3) is 1.79. The smallest absolute Gasteiger partial charge is 0.339 e. The highest BCUT2D eigenvalue weighted by atomic mass is 19.3. The maximum absolute atomic E-state index is 12.2. The second kappa shape index (κ2) is 2.97. The summed E-state index contributed by atoms with van der Waals surface area (Å²) < 4.78 is 72.8. The Hall–Kier alpha value is -0.540. The molecule has 0 saturated heterocycles. The Balaban J connectivity index is 5.30. The monoisotopic (exact) mass is 228 g/mol. The van der Waals surface area contributed by atoms with Crippen molar-refractivity contribution in [3.8, 4) is 0 Å². The number of aliphatic hydroxyl groups is 3. The number of alkyl halides is 6. The predicted octanol–water partition coefficient (Wildman–Crippen LogP) is 0.543. The fourth-order valence-electron chi connectivity index (χ4n) is 0.486. The summed E-state index contributed by atoms with van der Waals surface area (Å²) in [5, 5.41) is 23.4. The van der Waals surface area contributed by atoms with E-state index in [0.29, 0.717) is 0 Å². The van der Waals surface area contributed by atoms with Gasteiger partial charge in [-0.05, 0) is 0 Å². The van der Waals surface area contributed by atoms with Gasteiger partial charge in [0.1, 0.15) is 0 Å². The molecular weight excluding hydrogens is 222 g/mol. The van der Waals surface area contributed by atoms with Crippen LogP contribution in [0.2, 0.25) is 0 Å². The minimum Gasteiger partial charge on any atom is -0.339 e. The van der Waals surface area contributed by atoms with E-state index >= 15 is 0 Å². The van der Waals surface area contributed by atoms with Crippen molar-refractivity contribution in [3.63, 3.8) is 0 Å². The molecule has 0 unspecified atom stereocenters. The van der Waals surface area contributed by atoms with Crippen LogP contribution in [-0.4, -0.2) is 39.1 Å². The second-order valence-corrected chi connectivity index (χ2v) is 2.67. The minimum absolute atomic E-state index is 0.549. The average Bonchev–Trinajstić information content (AvgIpc) is 1.81. The Kier molecular flexibility index (Phi) is 2.86. The van der Waals surface area contributed by atoms with E-state index in [1.54, 1.807) is 0 Å². The third-order valence-electron chi connectivity index (χ3n) is 1.37. The van der Waals surface area contributed by atoms with Crippen LogP contribution in [0.3, 0.4) is 0 Å². The molecule has 14 heavy (non-hydrogen) atoms. The third-order valence-corrected chi connectivity index (χ3v) is 1.37. The normalized spacial score (nSPS) is 15.9. The first-order valence-electron chi connectivity index (χ1n) is 3.05. The van der Waals surface area contributed by atoms with Crippen molar-refractivity contribution in [2.45, 2.75) is 30.7 Å². The van der Waals surface area contributed by atoms with Crippen LogP contribution >= 0.6 is 0 Å². The molecule has 0 heterocycles. The Morgan fingerprint density at radius 2 is 1.00 bits per heavy atom. The van der Waals surface area contributed by atoms with Crippen molar-refractivity contribution in [2.24, 2.45) is 0 Å². The van der Waals surface area contributed by atoms with Crippen molar-refractivity contribution in [1.29, 1.82) is 0 Å². The Morgan fingerprint density at radius 1 is 0.714 bits per heavy atom. The molecule has 0 aromatic carbocycles. The summed E-state index contributed by atoms with van der Waals surface area (Å²) in [5.41, 5.74) is 0. The standard InChI is InChI=1S/C5H6F6O3/c1-2(6,7)3(8,9)4(10,11)5(12,13)14/h12-14H,1H3. The van der Waals surface area contributed by atoms with Crippen LogP contribution in [0.15, 0.2) is 0 Å². The molecule has 0 aromatic heterocycles. The highest BCUT2D eigenvalue weighted by Gasteiger charge is 2.77. The van der Waals surface area contributed by atoms with E-state index in [0.717, 1.165) is 0 Å². The first-order valence-corrected chi connectivity index (χ1v) is 3.05. The second-order valence-electron chi connectivity index (χ2n) is 2.67. The Labute approximate surface area is 73.6 Å². The van der Waals surface area contributed by atoms with Crippen molar-refractivity contribution in [2.75, 3.05) is 0 Å². The van der Waals surface area contributed by atoms with Gasteiger partial charge in [0.2, 0.25) is 0 Å². The first kappa shape index (κ1) is 13.5. The van der Waals surface area contributed by atoms with Gasteiger partial charge in [-0.3, -0.25) is 0 Å². The SMILES string of the molecule is CC(F)(F)C(F)(F)C(F)(F)C(O)(O)O. The van der Waals surface area contributed by atoms with Gasteiger partial charge < -0.3 is 15.3 Å². The average molecular weight is 228 g/mol. The van der Waals surface area contributed by atoms with E-state index in [-0.39, 0.29) is 0 Å². The van der Waals surface area contributed by atoms with Crippen molar-refractivity contribution < 1.29 is 41.7 Å². The molecule has 0 rings (SSSR count). The van der Waals surface area contributed by atoms with E-state index in [1.807, 2.05) is 0 Å². The highest BCUT2D eigenvalue weighted by Crippen LogP contribution is 2.48. The molecule has 9 heteroatoms. The molecule has 0 bridgehead atoms. The van der Waals surface area contributed by atoms with Gasteiger partial charge in [0, 0.05) is 6.92 Å². The number of hydrogen-bond donors (Lipinski definition) is 3. The molecule has 0 aliphatic carbocycles. The largest absolute Gasteiger partial charge is 0.395 e. The van der Waals surface area contributed by atoms with Crippen LogP contribution < -0.4 is 0 Å². The number of halogens is 6. The van der Waals surface area contributed by atoms with E-state index in [1.165, 1.54) is 0 Å². The van der Waals surface area contributed by atoms with Gasteiger partial charge >= 0.3 is 23.7 Å². The number of rotatable bonds is 3. The first-order chi connectivity index (χ1) is 5.75. The van der Waals surface area contributed by atoms with E-state index in [9.17, 15) is 26.3 Å². The van der Waals surface area contributed by atoms with E-state index in [4.69, 9.17) is 15.3 Å². The molecule has 0 aliphatic heterocycles. The van der Waals surface area contributed by atoms with Gasteiger partial charge in [-0.1, -0.05) is 0 Å². The van der Waals surface area contributed by atoms with Crippen molar-refractivity contribution >= 4 is 0 Å². The van der Waals surface area contributed by atoms with Gasteiger partial charge in [-0.2, -0.15) is 26.3 Å². The zero-order valence-corrected chi connectivity index (χ0v) is 6.61. The molecule has 0 saturated carbocycles. The summed E-state index contributed by atoms with van der Waals surface area (Å²) in [5.74, 6) is -22.7. The summed E-state index contributed by atoms with van der Waals surface area (Å²) in [4.78, 5) is 0. The fourth-order valence-corrected chi connectivity index (χ4v) is 0.486. The highest BCUT2D eigenvalue weighted by molar-refractivity contribution is 4.97. The lowest BCUT2D eigenvalue weighted by Crippen LogP contribution is -2.64. The van der Waals surface area contributed by atoms with E-state index < -0.39 is 30.7 Å². The molecule has 3 N–H and O–H groups in total. The molecular formula is C5H6F6O3. The molecule has 3 nitrogen and oxygen atoms in total. The summed E-state index contributed by atoms with van der Waals surface area (Å²) in [6.07, 6.45) is 0. The van der Waals surface area contributed by atoms with Crippen LogP contribution in [-0.2, 0) is 0 Å². The van der Waals surface area contributed by atoms with Crippen LogP contribution in [0.5, 0.6) is 0 Å². The molecule has 0 amide bonds. The lowest BCUT2D eigenvalue weighted by atomic mass is 10.0. The molecule has 0 aliphatic rings. The van der Waals surface area contributed by atoms with Crippen molar-refractivity contribution in [3.05, 3.63) is 0 Å².